The van der Waals surface area contributed by atoms with E-state index in [1.807, 2.05) is 13.8 Å². The lowest BCUT2D eigenvalue weighted by Crippen LogP contribution is -2.34. The Morgan fingerprint density at radius 1 is 1.53 bits per heavy atom. The molecule has 0 aromatic carbocycles. The second kappa shape index (κ2) is 5.76. The zero-order chi connectivity index (χ0) is 13.1. The van der Waals surface area contributed by atoms with Gasteiger partial charge in [0, 0.05) is 13.2 Å². The van der Waals surface area contributed by atoms with E-state index in [9.17, 15) is 4.79 Å². The van der Waals surface area contributed by atoms with Gasteiger partial charge >= 0.3 is 0 Å². The number of amides is 1. The summed E-state index contributed by atoms with van der Waals surface area (Å²) < 4.78 is 0. The molecule has 1 rings (SSSR count). The van der Waals surface area contributed by atoms with Crippen molar-refractivity contribution >= 4 is 29.1 Å². The fourth-order valence-corrected chi connectivity index (χ4v) is 1.64. The fourth-order valence-electron chi connectivity index (χ4n) is 1.33. The number of aromatic amines is 1. The molecule has 96 valence electrons. The molecule has 0 bridgehead atoms. The summed E-state index contributed by atoms with van der Waals surface area (Å²) in [4.78, 5) is 14.4. The van der Waals surface area contributed by atoms with Crippen molar-refractivity contribution in [2.24, 2.45) is 5.41 Å². The van der Waals surface area contributed by atoms with Crippen molar-refractivity contribution in [3.05, 3.63) is 21.9 Å². The highest BCUT2D eigenvalue weighted by atomic mass is 35.5. The average molecular weight is 279 g/mol. The Kier molecular flexibility index (Phi) is 4.86. The molecule has 0 aliphatic heterocycles. The molecule has 0 atom stereocenters. The van der Waals surface area contributed by atoms with E-state index in [2.05, 4.69) is 10.3 Å². The van der Waals surface area contributed by atoms with Crippen LogP contribution in [0.5, 0.6) is 0 Å². The van der Waals surface area contributed by atoms with E-state index in [1.54, 1.807) is 0 Å². The highest BCUT2D eigenvalue weighted by Crippen LogP contribution is 2.22. The molecule has 0 aliphatic carbocycles. The van der Waals surface area contributed by atoms with Gasteiger partial charge in [-0.25, -0.2) is 0 Å². The van der Waals surface area contributed by atoms with E-state index >= 15 is 0 Å². The molecular weight excluding hydrogens is 263 g/mol. The van der Waals surface area contributed by atoms with Gasteiger partial charge in [0.05, 0.1) is 5.02 Å². The summed E-state index contributed by atoms with van der Waals surface area (Å²) in [5, 5.41) is 12.2. The fraction of sp³-hybridized carbons (Fsp3) is 0.545. The van der Waals surface area contributed by atoms with Gasteiger partial charge in [0.2, 0.25) is 0 Å². The lowest BCUT2D eigenvalue weighted by molar-refractivity contribution is 0.0924. The Morgan fingerprint density at radius 3 is 2.65 bits per heavy atom. The summed E-state index contributed by atoms with van der Waals surface area (Å²) in [7, 11) is 0. The van der Waals surface area contributed by atoms with Crippen LogP contribution in [0.25, 0.3) is 0 Å². The number of rotatable bonds is 5. The van der Waals surface area contributed by atoms with Gasteiger partial charge in [-0.05, 0) is 17.9 Å². The van der Waals surface area contributed by atoms with Crippen LogP contribution in [0.15, 0.2) is 6.07 Å². The number of aliphatic hydroxyl groups is 1. The summed E-state index contributed by atoms with van der Waals surface area (Å²) in [6.45, 7) is 4.51. The van der Waals surface area contributed by atoms with E-state index in [0.717, 1.165) is 0 Å². The first-order valence-corrected chi connectivity index (χ1v) is 6.04. The summed E-state index contributed by atoms with van der Waals surface area (Å²) in [6, 6.07) is 1.48. The lowest BCUT2D eigenvalue weighted by Gasteiger charge is -2.23. The van der Waals surface area contributed by atoms with Crippen molar-refractivity contribution < 1.29 is 9.90 Å². The van der Waals surface area contributed by atoms with E-state index in [4.69, 9.17) is 28.3 Å². The largest absolute Gasteiger partial charge is 0.396 e. The zero-order valence-corrected chi connectivity index (χ0v) is 11.3. The molecule has 0 aliphatic rings. The quantitative estimate of drug-likeness (QED) is 0.775. The Bertz CT molecular complexity index is 383. The molecule has 1 amide bonds. The van der Waals surface area contributed by atoms with Crippen molar-refractivity contribution in [1.29, 1.82) is 0 Å². The van der Waals surface area contributed by atoms with Crippen molar-refractivity contribution in [3.63, 3.8) is 0 Å². The predicted octanol–water partition coefficient (Wildman–Crippen LogP) is 2.46. The number of H-pyrrole nitrogens is 1. The molecule has 4 nitrogen and oxygen atoms in total. The van der Waals surface area contributed by atoms with Crippen LogP contribution in [-0.2, 0) is 0 Å². The second-order valence-corrected chi connectivity index (χ2v) is 5.45. The maximum absolute atomic E-state index is 11.7. The number of hydrogen-bond donors (Lipinski definition) is 3. The zero-order valence-electron chi connectivity index (χ0n) is 9.81. The number of halogens is 2. The first-order valence-electron chi connectivity index (χ1n) is 5.29. The number of aromatic nitrogens is 1. The molecule has 0 unspecified atom stereocenters. The van der Waals surface area contributed by atoms with Gasteiger partial charge in [0.1, 0.15) is 10.8 Å². The topological polar surface area (TPSA) is 65.1 Å². The van der Waals surface area contributed by atoms with Crippen molar-refractivity contribution in [1.82, 2.24) is 10.3 Å². The highest BCUT2D eigenvalue weighted by Gasteiger charge is 2.19. The SMILES string of the molecule is CC(C)(CCO)CNC(=O)c1cc(Cl)c(Cl)[nH]1. The van der Waals surface area contributed by atoms with Gasteiger partial charge in [0.25, 0.3) is 5.91 Å². The van der Waals surface area contributed by atoms with Gasteiger partial charge in [-0.1, -0.05) is 37.0 Å². The van der Waals surface area contributed by atoms with Gasteiger partial charge in [-0.2, -0.15) is 0 Å². The maximum Gasteiger partial charge on any atom is 0.267 e. The maximum atomic E-state index is 11.7. The van der Waals surface area contributed by atoms with Gasteiger partial charge in [-0.3, -0.25) is 4.79 Å². The minimum atomic E-state index is -0.259. The first kappa shape index (κ1) is 14.4. The summed E-state index contributed by atoms with van der Waals surface area (Å²) >= 11 is 11.4. The Morgan fingerprint density at radius 2 is 2.18 bits per heavy atom. The first-order chi connectivity index (χ1) is 7.85. The summed E-state index contributed by atoms with van der Waals surface area (Å²) in [6.07, 6.45) is 0.625. The van der Waals surface area contributed by atoms with Gasteiger partial charge < -0.3 is 15.4 Å². The van der Waals surface area contributed by atoms with Crippen molar-refractivity contribution in [2.75, 3.05) is 13.2 Å². The van der Waals surface area contributed by atoms with Crippen molar-refractivity contribution in [3.8, 4) is 0 Å². The Hall–Kier alpha value is -0.710. The molecule has 6 heteroatoms. The monoisotopic (exact) mass is 278 g/mol. The van der Waals surface area contributed by atoms with Crippen LogP contribution >= 0.6 is 23.2 Å². The Balaban J connectivity index is 2.56. The molecule has 3 N–H and O–H groups in total. The van der Waals surface area contributed by atoms with Crippen LogP contribution in [-0.4, -0.2) is 29.1 Å². The summed E-state index contributed by atoms with van der Waals surface area (Å²) in [5.74, 6) is -0.259. The van der Waals surface area contributed by atoms with E-state index in [-0.39, 0.29) is 23.1 Å². The van der Waals surface area contributed by atoms with Crippen LogP contribution in [0.1, 0.15) is 30.8 Å². The third-order valence-corrected chi connectivity index (χ3v) is 3.18. The van der Waals surface area contributed by atoms with Crippen molar-refractivity contribution in [2.45, 2.75) is 20.3 Å². The third-order valence-electron chi connectivity index (χ3n) is 2.49. The molecule has 1 aromatic heterocycles. The van der Waals surface area contributed by atoms with Crippen LogP contribution in [0, 0.1) is 5.41 Å². The number of hydrogen-bond acceptors (Lipinski definition) is 2. The predicted molar refractivity (Wildman–Crippen MR) is 68.6 cm³/mol. The van der Waals surface area contributed by atoms with Crippen LogP contribution < -0.4 is 5.32 Å². The van der Waals surface area contributed by atoms with Gasteiger partial charge in [-0.15, -0.1) is 0 Å². The summed E-state index contributed by atoms with van der Waals surface area (Å²) in [5.41, 5.74) is 0.185. The van der Waals surface area contributed by atoms with Crippen LogP contribution in [0.3, 0.4) is 0 Å². The molecular formula is C11H16Cl2N2O2. The number of carbonyl (C=O) groups is 1. The standard InChI is InChI=1S/C11H16Cl2N2O2/c1-11(2,3-4-16)6-14-10(17)8-5-7(12)9(13)15-8/h5,15-16H,3-4,6H2,1-2H3,(H,14,17). The Labute approximate surface area is 110 Å². The molecule has 1 aromatic rings. The molecule has 0 saturated heterocycles. The molecule has 0 radical (unpaired) electrons. The highest BCUT2D eigenvalue weighted by molar-refractivity contribution is 6.41. The number of aliphatic hydroxyl groups excluding tert-OH is 1. The van der Waals surface area contributed by atoms with E-state index in [0.29, 0.717) is 23.7 Å². The van der Waals surface area contributed by atoms with Crippen LogP contribution in [0.4, 0.5) is 0 Å². The lowest BCUT2D eigenvalue weighted by atomic mass is 9.90. The molecule has 0 saturated carbocycles. The van der Waals surface area contributed by atoms with E-state index in [1.165, 1.54) is 6.07 Å². The number of carbonyl (C=O) groups excluding carboxylic acids is 1. The van der Waals surface area contributed by atoms with E-state index < -0.39 is 0 Å². The minimum absolute atomic E-state index is 0.100. The molecule has 17 heavy (non-hydrogen) atoms. The molecule has 1 heterocycles. The third kappa shape index (κ3) is 4.22. The molecule has 0 spiro atoms. The smallest absolute Gasteiger partial charge is 0.267 e. The van der Waals surface area contributed by atoms with Crippen LogP contribution in [0.2, 0.25) is 10.2 Å². The normalized spacial score (nSPS) is 11.6. The average Bonchev–Trinajstić information content (AvgIpc) is 2.56. The van der Waals surface area contributed by atoms with Gasteiger partial charge in [0.15, 0.2) is 0 Å². The second-order valence-electron chi connectivity index (χ2n) is 4.67. The minimum Gasteiger partial charge on any atom is -0.396 e. The number of nitrogens with one attached hydrogen (secondary N) is 2. The molecule has 0 fully saturated rings.